The van der Waals surface area contributed by atoms with Gasteiger partial charge < -0.3 is 4.90 Å². The highest BCUT2D eigenvalue weighted by atomic mass is 19.1. The zero-order chi connectivity index (χ0) is 16.1. The van der Waals surface area contributed by atoms with E-state index in [0.29, 0.717) is 5.57 Å². The molecule has 3 heteroatoms. The fraction of sp³-hybridized carbons (Fsp3) is 0.250. The molecular weight excluding hydrogens is 287 g/mol. The Balaban J connectivity index is 1.80. The number of nitrogens with zero attached hydrogens (tertiary/aromatic N) is 2. The Morgan fingerprint density at radius 2 is 1.61 bits per heavy atom. The summed E-state index contributed by atoms with van der Waals surface area (Å²) in [5, 5.41) is 9.35. The van der Waals surface area contributed by atoms with E-state index in [9.17, 15) is 9.65 Å². The summed E-state index contributed by atoms with van der Waals surface area (Å²) in [6.07, 6.45) is 5.67. The normalized spacial score (nSPS) is 15.3. The highest BCUT2D eigenvalue weighted by Gasteiger charge is 2.10. The first-order chi connectivity index (χ1) is 11.3. The summed E-state index contributed by atoms with van der Waals surface area (Å²) in [4.78, 5) is 2.40. The van der Waals surface area contributed by atoms with Crippen LogP contribution in [0.4, 0.5) is 10.1 Å². The molecule has 0 bridgehead atoms. The second-order valence-electron chi connectivity index (χ2n) is 5.82. The van der Waals surface area contributed by atoms with Gasteiger partial charge in [-0.2, -0.15) is 5.26 Å². The van der Waals surface area contributed by atoms with E-state index < -0.39 is 0 Å². The number of nitriles is 1. The summed E-state index contributed by atoms with van der Waals surface area (Å²) in [5.74, 6) is -0.295. The maximum Gasteiger partial charge on any atom is 0.123 e. The van der Waals surface area contributed by atoms with Crippen LogP contribution in [-0.2, 0) is 0 Å². The number of benzene rings is 2. The molecule has 2 nitrogen and oxygen atoms in total. The molecule has 1 fully saturated rings. The molecule has 0 spiro atoms. The Morgan fingerprint density at radius 1 is 0.957 bits per heavy atom. The van der Waals surface area contributed by atoms with Crippen LogP contribution in [-0.4, -0.2) is 13.1 Å². The minimum absolute atomic E-state index is 0.295. The van der Waals surface area contributed by atoms with E-state index in [-0.39, 0.29) is 5.82 Å². The Morgan fingerprint density at radius 3 is 2.22 bits per heavy atom. The van der Waals surface area contributed by atoms with Gasteiger partial charge in [-0.15, -0.1) is 0 Å². The van der Waals surface area contributed by atoms with Crippen molar-refractivity contribution in [1.82, 2.24) is 0 Å². The minimum Gasteiger partial charge on any atom is -0.372 e. The van der Waals surface area contributed by atoms with Crippen LogP contribution in [0.5, 0.6) is 0 Å². The van der Waals surface area contributed by atoms with Crippen molar-refractivity contribution < 1.29 is 4.39 Å². The second-order valence-corrected chi connectivity index (χ2v) is 5.82. The van der Waals surface area contributed by atoms with Gasteiger partial charge in [-0.25, -0.2) is 4.39 Å². The van der Waals surface area contributed by atoms with Crippen LogP contribution >= 0.6 is 0 Å². The molecule has 0 aliphatic carbocycles. The molecular formula is C20H19FN2. The van der Waals surface area contributed by atoms with Crippen molar-refractivity contribution >= 4 is 17.3 Å². The molecule has 0 atom stereocenters. The zero-order valence-electron chi connectivity index (χ0n) is 13.0. The molecule has 2 aromatic rings. The lowest BCUT2D eigenvalue weighted by Crippen LogP contribution is -2.29. The molecule has 23 heavy (non-hydrogen) atoms. The Hall–Kier alpha value is -2.60. The van der Waals surface area contributed by atoms with Crippen LogP contribution in [0.25, 0.3) is 11.6 Å². The Kier molecular flexibility index (Phi) is 4.73. The number of anilines is 1. The molecule has 0 saturated carbocycles. The summed E-state index contributed by atoms with van der Waals surface area (Å²) in [5.41, 5.74) is 3.48. The van der Waals surface area contributed by atoms with E-state index in [2.05, 4.69) is 23.1 Å². The molecule has 0 amide bonds. The van der Waals surface area contributed by atoms with Gasteiger partial charge in [0, 0.05) is 18.8 Å². The van der Waals surface area contributed by atoms with E-state index in [1.165, 1.54) is 37.1 Å². The van der Waals surface area contributed by atoms with Crippen molar-refractivity contribution in [3.63, 3.8) is 0 Å². The second kappa shape index (κ2) is 7.11. The minimum atomic E-state index is -0.295. The number of hydrogen-bond acceptors (Lipinski definition) is 2. The van der Waals surface area contributed by atoms with Crippen LogP contribution in [0.1, 0.15) is 30.4 Å². The van der Waals surface area contributed by atoms with E-state index in [0.717, 1.165) is 24.2 Å². The Bertz CT molecular complexity index is 718. The highest BCUT2D eigenvalue weighted by molar-refractivity contribution is 5.89. The fourth-order valence-electron chi connectivity index (χ4n) is 2.91. The lowest BCUT2D eigenvalue weighted by atomic mass is 10.0. The molecule has 3 rings (SSSR count). The largest absolute Gasteiger partial charge is 0.372 e. The lowest BCUT2D eigenvalue weighted by Gasteiger charge is -2.28. The van der Waals surface area contributed by atoms with Gasteiger partial charge in [0.2, 0.25) is 0 Å². The molecule has 0 unspecified atom stereocenters. The average molecular weight is 306 g/mol. The van der Waals surface area contributed by atoms with Crippen LogP contribution < -0.4 is 4.90 Å². The van der Waals surface area contributed by atoms with Crippen LogP contribution in [0.3, 0.4) is 0 Å². The number of piperidine rings is 1. The quantitative estimate of drug-likeness (QED) is 0.597. The number of halogens is 1. The lowest BCUT2D eigenvalue weighted by molar-refractivity contribution is 0.578. The standard InChI is InChI=1S/C20H19FN2/c21-19-8-6-17(7-9-19)18(15-22)14-16-4-10-20(11-5-16)23-12-2-1-3-13-23/h4-11,14H,1-3,12-13H2. The fourth-order valence-corrected chi connectivity index (χ4v) is 2.91. The van der Waals surface area contributed by atoms with Crippen molar-refractivity contribution in [2.24, 2.45) is 0 Å². The Labute approximate surface area is 136 Å². The van der Waals surface area contributed by atoms with E-state index in [4.69, 9.17) is 0 Å². The molecule has 1 aliphatic heterocycles. The third-order valence-electron chi connectivity index (χ3n) is 4.20. The van der Waals surface area contributed by atoms with Crippen LogP contribution in [0.2, 0.25) is 0 Å². The van der Waals surface area contributed by atoms with Crippen molar-refractivity contribution in [2.45, 2.75) is 19.3 Å². The maximum absolute atomic E-state index is 13.0. The monoisotopic (exact) mass is 306 g/mol. The summed E-state index contributed by atoms with van der Waals surface area (Å²) < 4.78 is 13.0. The first kappa shape index (κ1) is 15.3. The topological polar surface area (TPSA) is 27.0 Å². The van der Waals surface area contributed by atoms with Gasteiger partial charge in [-0.05, 0) is 60.7 Å². The van der Waals surface area contributed by atoms with Gasteiger partial charge in [0.05, 0.1) is 11.6 Å². The van der Waals surface area contributed by atoms with E-state index in [1.807, 2.05) is 18.2 Å². The van der Waals surface area contributed by atoms with E-state index >= 15 is 0 Å². The van der Waals surface area contributed by atoms with Gasteiger partial charge in [0.1, 0.15) is 5.82 Å². The third kappa shape index (κ3) is 3.78. The number of rotatable bonds is 3. The zero-order valence-corrected chi connectivity index (χ0v) is 13.0. The van der Waals surface area contributed by atoms with Crippen molar-refractivity contribution in [2.75, 3.05) is 18.0 Å². The predicted molar refractivity (Wildman–Crippen MR) is 92.4 cm³/mol. The van der Waals surface area contributed by atoms with Gasteiger partial charge in [-0.3, -0.25) is 0 Å². The van der Waals surface area contributed by atoms with Crippen LogP contribution in [0, 0.1) is 17.1 Å². The number of allylic oxidation sites excluding steroid dienone is 1. The molecule has 0 radical (unpaired) electrons. The molecule has 1 heterocycles. The van der Waals surface area contributed by atoms with Gasteiger partial charge in [-0.1, -0.05) is 24.3 Å². The summed E-state index contributed by atoms with van der Waals surface area (Å²) >= 11 is 0. The van der Waals surface area contributed by atoms with E-state index in [1.54, 1.807) is 12.1 Å². The van der Waals surface area contributed by atoms with Crippen molar-refractivity contribution in [3.05, 3.63) is 65.5 Å². The van der Waals surface area contributed by atoms with Gasteiger partial charge in [0.15, 0.2) is 0 Å². The molecule has 0 aromatic heterocycles. The molecule has 0 N–H and O–H groups in total. The van der Waals surface area contributed by atoms with Crippen molar-refractivity contribution in [1.29, 1.82) is 5.26 Å². The molecule has 2 aromatic carbocycles. The summed E-state index contributed by atoms with van der Waals surface area (Å²) in [6, 6.07) is 16.5. The average Bonchev–Trinajstić information content (AvgIpc) is 2.62. The smallest absolute Gasteiger partial charge is 0.123 e. The first-order valence-corrected chi connectivity index (χ1v) is 7.99. The molecule has 1 saturated heterocycles. The summed E-state index contributed by atoms with van der Waals surface area (Å²) in [6.45, 7) is 2.24. The number of hydrogen-bond donors (Lipinski definition) is 0. The van der Waals surface area contributed by atoms with Crippen LogP contribution in [0.15, 0.2) is 48.5 Å². The maximum atomic E-state index is 13.0. The molecule has 1 aliphatic rings. The summed E-state index contributed by atoms with van der Waals surface area (Å²) in [7, 11) is 0. The first-order valence-electron chi connectivity index (χ1n) is 7.99. The van der Waals surface area contributed by atoms with Gasteiger partial charge >= 0.3 is 0 Å². The SMILES string of the molecule is N#CC(=Cc1ccc(N2CCCCC2)cc1)c1ccc(F)cc1. The third-order valence-corrected chi connectivity index (χ3v) is 4.20. The predicted octanol–water partition coefficient (Wildman–Crippen LogP) is 4.88. The molecule has 116 valence electrons. The highest BCUT2D eigenvalue weighted by Crippen LogP contribution is 2.23. The van der Waals surface area contributed by atoms with Gasteiger partial charge in [0.25, 0.3) is 0 Å². The van der Waals surface area contributed by atoms with Crippen molar-refractivity contribution in [3.8, 4) is 6.07 Å².